The molecule has 11 rings (SSSR count). The fraction of sp³-hybridized carbons (Fsp3) is 0.610. The fourth-order valence-electron chi connectivity index (χ4n) is 18.6. The molecule has 149 heavy (non-hydrogen) atoms. The Morgan fingerprint density at radius 3 is 1.16 bits per heavy atom. The monoisotopic (exact) mass is 2540 g/mol. The van der Waals surface area contributed by atoms with Crippen LogP contribution in [0, 0.1) is 34.0 Å². The van der Waals surface area contributed by atoms with Gasteiger partial charge in [-0.05, 0) is 225 Å². The van der Waals surface area contributed by atoms with E-state index in [1.54, 1.807) is 85.4 Å². The maximum Gasteiger partial charge on any atom is 0 e. The van der Waals surface area contributed by atoms with E-state index >= 15 is 0 Å². The van der Waals surface area contributed by atoms with E-state index in [-0.39, 0.29) is 165 Å². The number of nitrogens with zero attached hydrogens (tertiary/aromatic N) is 9. The normalized spacial score (nSPS) is 20.0. The summed E-state index contributed by atoms with van der Waals surface area (Å²) in [5.74, 6) is -2.19. The maximum absolute atomic E-state index is 14.8. The molecule has 2 fully saturated rings. The molecular formula is C105H157Cl3I3N22O14V2. The van der Waals surface area contributed by atoms with Gasteiger partial charge in [0.15, 0.2) is 0 Å². The van der Waals surface area contributed by atoms with E-state index in [4.69, 9.17) is 16.7 Å². The van der Waals surface area contributed by atoms with Crippen LogP contribution in [0.3, 0.4) is 0 Å². The Balaban J connectivity index is 0.000000484. The molecule has 13 N–H and O–H groups in total. The molecule has 4 aliphatic carbocycles. The second kappa shape index (κ2) is 60.7. The van der Waals surface area contributed by atoms with Crippen molar-refractivity contribution in [3.63, 3.8) is 0 Å². The van der Waals surface area contributed by atoms with Crippen molar-refractivity contribution in [2.24, 2.45) is 26.8 Å². The van der Waals surface area contributed by atoms with Crippen molar-refractivity contribution >= 4 is 174 Å². The van der Waals surface area contributed by atoms with Crippen LogP contribution in [0.1, 0.15) is 283 Å². The summed E-state index contributed by atoms with van der Waals surface area (Å²) >= 11 is 7.39. The molecule has 0 bridgehead atoms. The van der Waals surface area contributed by atoms with Gasteiger partial charge >= 0.3 is 71.0 Å². The summed E-state index contributed by atoms with van der Waals surface area (Å²) in [5, 5.41) is 51.4. The number of aromatic nitrogens is 3. The minimum absolute atomic E-state index is 0. The summed E-state index contributed by atoms with van der Waals surface area (Å²) in [4.78, 5) is 183. The SMILES string of the molecule is C#CC[C@H](NC(=O)C(NC(=O)[C@H](C)NC)C(C)(C)C)C(=O)N[C@@H]1CCCc2ccccc21.CN[C@@H](C)C(=O)NC(C(=O)N[C@@H](Cc1cn([C@H]2C[C@@H](C(=O)N[C@@H]3CCCc4ccccc43)N(C(=O)[C@@H](NC(=O)[C@H](C)NC)C(C)(C)C)C2)nn1)C(=O)NC1CCCc2ccccc21)C(C)(C)C.C[C@@H](C(=O)N[C@H](C(=O)N1C[C@@H](N=[N+]=[N-])C[C@H]1C(=O)N[C@@H]1CCCc2ccccc21)C(C)(C)C)N(C)C(=O)OC(C)(C)C.Cl.Cl.Cl.[I][V]([I])[I].[V]. The van der Waals surface area contributed by atoms with E-state index in [9.17, 15) is 62.3 Å². The first-order valence-electron chi connectivity index (χ1n) is 50.1. The van der Waals surface area contributed by atoms with Crippen LogP contribution in [0.25, 0.3) is 10.4 Å². The van der Waals surface area contributed by atoms with Crippen LogP contribution < -0.4 is 69.1 Å². The molecule has 1 radical (unpaired) electrons. The van der Waals surface area contributed by atoms with Gasteiger partial charge < -0.3 is 83.7 Å². The average molecular weight is 2540 g/mol. The molecule has 3 unspecified atom stereocenters. The quantitative estimate of drug-likeness (QED) is 0.00644. The summed E-state index contributed by atoms with van der Waals surface area (Å²) in [7, 11) is 6.47. The first kappa shape index (κ1) is 133. The Hall–Kier alpha value is -8.09. The molecule has 5 aromatic rings. The molecule has 823 valence electrons. The molecular weight excluding hydrogens is 2380 g/mol. The third kappa shape index (κ3) is 38.8. The summed E-state index contributed by atoms with van der Waals surface area (Å²) < 4.78 is 7.00. The van der Waals surface area contributed by atoms with E-state index in [2.05, 4.69) is 180 Å². The van der Waals surface area contributed by atoms with E-state index in [0.717, 1.165) is 99.3 Å². The van der Waals surface area contributed by atoms with Crippen molar-refractivity contribution in [3.8, 4) is 12.3 Å². The van der Waals surface area contributed by atoms with Crippen molar-refractivity contribution in [2.75, 3.05) is 41.3 Å². The number of fused-ring (bicyclic) bond motifs is 4. The van der Waals surface area contributed by atoms with Crippen molar-refractivity contribution in [2.45, 2.75) is 349 Å². The van der Waals surface area contributed by atoms with Gasteiger partial charge in [-0.15, -0.1) is 54.7 Å². The van der Waals surface area contributed by atoms with Crippen LogP contribution in [-0.4, -0.2) is 232 Å². The van der Waals surface area contributed by atoms with Crippen LogP contribution in [-0.2, 0) is 118 Å². The number of ether oxygens (including phenoxy) is 1. The van der Waals surface area contributed by atoms with Crippen molar-refractivity contribution in [3.05, 3.63) is 164 Å². The zero-order chi connectivity index (χ0) is 108. The Kier molecular flexibility index (Phi) is 54.2. The van der Waals surface area contributed by atoms with Gasteiger partial charge in [0, 0.05) is 69.1 Å². The predicted octanol–water partition coefficient (Wildman–Crippen LogP) is 13.1. The number of nitrogens with one attached hydrogen (secondary N) is 13. The number of amides is 13. The average Bonchev–Trinajstić information content (AvgIpc) is 1.63. The molecule has 13 amide bonds. The number of aryl methyl sites for hydroxylation is 4. The van der Waals surface area contributed by atoms with E-state index in [1.807, 2.05) is 156 Å². The van der Waals surface area contributed by atoms with Crippen molar-refractivity contribution in [1.29, 1.82) is 0 Å². The fourth-order valence-corrected chi connectivity index (χ4v) is 18.6. The molecule has 18 atom stereocenters. The number of carbonyl (C=O) groups is 13. The molecule has 2 aliphatic heterocycles. The molecule has 0 saturated carbocycles. The molecule has 4 aromatic carbocycles. The van der Waals surface area contributed by atoms with Gasteiger partial charge in [0.05, 0.1) is 60.1 Å². The van der Waals surface area contributed by atoms with Crippen molar-refractivity contribution < 1.29 is 90.5 Å². The summed E-state index contributed by atoms with van der Waals surface area (Å²) in [5.41, 5.74) is 15.1. The third-order valence-corrected chi connectivity index (χ3v) is 27.4. The second-order valence-corrected chi connectivity index (χ2v) is 79.1. The van der Waals surface area contributed by atoms with Crippen LogP contribution in [0.4, 0.5) is 4.79 Å². The number of rotatable bonds is 31. The second-order valence-electron chi connectivity index (χ2n) is 43.8. The van der Waals surface area contributed by atoms with Crippen LogP contribution in [0.2, 0.25) is 0 Å². The standard InChI is InChI=1S/C50H73N11O6.C30H45N7O5.C25H36N4O3.3ClH.3HI.2V/c1-29(51-9)43(62)56-41(49(3,4)5)47(66)55-39(45(64)53-37-23-15-19-31-17-11-13-21-35(31)37)25-33-27-61(59-58-33)34-26-40(46(65)54-38-24-16-20-32-18-12-14-22-36(32)38)60(28-34)48(67)42(50(6,7)8)57-44(63)30(2)52-10;1-18(36(8)28(41)42-30(5,6)7)25(38)33-24(29(2,3)4)27(40)37-17-20(34-35-31)16-23(37)26(39)32-22-15-11-13-19-12-9-10-14-21(19)22;1-7-11-20(23(31)27-19-15-10-13-17-12-8-9-14-18(17)19)28-24(32)21(25(3,4)5)29-22(30)16(2)26-6;;;;;;;;/h11-14,17-18,21-22,27,29-30,34,37-42,51-52H,15-16,19-20,23-26,28H2,1-10H3,(H,53,64)(H,54,65)(H,55,66)(H,56,62)(H,57,63);9-10,12,14,18,20,22-24H,11,13,15-17H2,1-8H3,(H,32,39)(H,33,38);1,8-9,12,14,16,19-21,26H,10-11,13,15H2,2-6H3,(H,27,31)(H,28,32)(H,29,30);6*1H;;/q;;;;;;;;;;+3/p-3/t29-,30-,34-,37?,38+,39-,40-,41?,42+;18-,20-,22+,23-,24+;16-,19+,20-,21?;;;;;;;;/m000......../s1. The summed E-state index contributed by atoms with van der Waals surface area (Å²) in [6, 6.07) is 20.3. The van der Waals surface area contributed by atoms with Gasteiger partial charge in [0.1, 0.15) is 60.0 Å². The largest absolute Gasteiger partial charge is 0 e. The van der Waals surface area contributed by atoms with Gasteiger partial charge in [-0.2, -0.15) is 0 Å². The van der Waals surface area contributed by atoms with E-state index in [0.29, 0.717) is 5.69 Å². The Morgan fingerprint density at radius 1 is 0.483 bits per heavy atom. The van der Waals surface area contributed by atoms with Gasteiger partial charge in [0.25, 0.3) is 0 Å². The first-order chi connectivity index (χ1) is 68.0. The van der Waals surface area contributed by atoms with Crippen LogP contribution >= 0.6 is 97.2 Å². The van der Waals surface area contributed by atoms with Crippen LogP contribution in [0.15, 0.2) is 108 Å². The minimum atomic E-state index is -1.11. The number of terminal acetylenes is 1. The number of likely N-dealkylation sites (tertiary alicyclic amines) is 2. The molecule has 3 heterocycles. The molecule has 6 aliphatic rings. The zero-order valence-electron chi connectivity index (χ0n) is 90.0. The summed E-state index contributed by atoms with van der Waals surface area (Å²) in [6.45, 7) is 34.2. The topological polar surface area (TPSA) is 477 Å². The maximum atomic E-state index is 14.8. The number of hydrogen-bond acceptors (Lipinski definition) is 20. The number of benzene rings is 4. The molecule has 2 saturated heterocycles. The number of azide groups is 1. The van der Waals surface area contributed by atoms with E-state index < -0.39 is 147 Å². The zero-order valence-corrected chi connectivity index (χ0v) is 102. The number of hydrogen-bond donors (Lipinski definition) is 13. The predicted molar refractivity (Wildman–Crippen MR) is 603 cm³/mol. The van der Waals surface area contributed by atoms with Crippen LogP contribution in [0.5, 0.6) is 0 Å². The van der Waals surface area contributed by atoms with Gasteiger partial charge in [-0.3, -0.25) is 62.4 Å². The third-order valence-electron chi connectivity index (χ3n) is 27.4. The number of carbonyl (C=O) groups excluding carboxylic acids is 13. The van der Waals surface area contributed by atoms with Gasteiger partial charge in [-0.25, -0.2) is 9.48 Å². The minimum Gasteiger partial charge on any atom is 0 e. The Morgan fingerprint density at radius 2 is 0.812 bits per heavy atom. The first-order valence-corrected chi connectivity index (χ1v) is 63.7. The molecule has 1 aromatic heterocycles. The van der Waals surface area contributed by atoms with Gasteiger partial charge in [-0.1, -0.05) is 190 Å². The van der Waals surface area contributed by atoms with E-state index in [1.165, 1.54) is 39.1 Å². The Labute approximate surface area is 947 Å². The number of halogens is 6. The smallest absolute Gasteiger partial charge is 0 e. The number of likely N-dealkylation sites (N-methyl/N-ethyl adjacent to an activating group) is 4. The summed E-state index contributed by atoms with van der Waals surface area (Å²) in [6.07, 6.45) is 17.6. The molecule has 36 nitrogen and oxygen atoms in total. The molecule has 0 spiro atoms. The van der Waals surface area contributed by atoms with Gasteiger partial charge in [0.2, 0.25) is 70.9 Å². The van der Waals surface area contributed by atoms with Crippen molar-refractivity contribution in [1.82, 2.24) is 98.8 Å². The Bertz CT molecular complexity index is 5450. The molecule has 44 heteroatoms.